The highest BCUT2D eigenvalue weighted by Gasteiger charge is 2.16. The van der Waals surface area contributed by atoms with Gasteiger partial charge in [0.1, 0.15) is 23.7 Å². The first-order chi connectivity index (χ1) is 11.5. The van der Waals surface area contributed by atoms with E-state index in [0.717, 1.165) is 5.56 Å². The molecule has 0 fully saturated rings. The second-order valence-corrected chi connectivity index (χ2v) is 5.36. The fourth-order valence-electron chi connectivity index (χ4n) is 2.31. The van der Waals surface area contributed by atoms with Gasteiger partial charge in [-0.05, 0) is 44.2 Å². The van der Waals surface area contributed by atoms with E-state index in [-0.39, 0.29) is 12.4 Å². The largest absolute Gasteiger partial charge is 0.496 e. The van der Waals surface area contributed by atoms with Gasteiger partial charge in [0, 0.05) is 11.1 Å². The maximum atomic E-state index is 12.4. The van der Waals surface area contributed by atoms with Crippen LogP contribution in [0.1, 0.15) is 38.8 Å². The zero-order valence-corrected chi connectivity index (χ0v) is 14.2. The molecule has 0 amide bonds. The highest BCUT2D eigenvalue weighted by Crippen LogP contribution is 2.24. The number of aryl methyl sites for hydroxylation is 1. The van der Waals surface area contributed by atoms with Crippen molar-refractivity contribution >= 4 is 11.8 Å². The molecule has 0 saturated carbocycles. The predicted molar refractivity (Wildman–Crippen MR) is 89.8 cm³/mol. The van der Waals surface area contributed by atoms with E-state index in [1.807, 2.05) is 13.0 Å². The molecule has 2 rings (SSSR count). The minimum absolute atomic E-state index is 0.000221. The molecule has 24 heavy (non-hydrogen) atoms. The first-order valence-electron chi connectivity index (χ1n) is 7.46. The number of Topliss-reactive ketones (excluding diaryl/α,β-unsaturated/α-hetero) is 1. The van der Waals surface area contributed by atoms with E-state index in [1.165, 1.54) is 21.1 Å². The summed E-state index contributed by atoms with van der Waals surface area (Å²) in [6.07, 6.45) is 0. The molecule has 0 spiro atoms. The number of carbonyl (C=O) groups is 2. The smallest absolute Gasteiger partial charge is 0.342 e. The van der Waals surface area contributed by atoms with E-state index < -0.39 is 5.97 Å². The van der Waals surface area contributed by atoms with Crippen molar-refractivity contribution in [3.05, 3.63) is 58.7 Å². The van der Waals surface area contributed by atoms with E-state index in [0.29, 0.717) is 28.2 Å². The Hall–Kier alpha value is -2.82. The van der Waals surface area contributed by atoms with Gasteiger partial charge in [-0.25, -0.2) is 4.79 Å². The molecule has 2 aromatic carbocycles. The summed E-state index contributed by atoms with van der Waals surface area (Å²) in [6, 6.07) is 10.3. The maximum Gasteiger partial charge on any atom is 0.342 e. The van der Waals surface area contributed by atoms with Crippen LogP contribution in [0.25, 0.3) is 0 Å². The van der Waals surface area contributed by atoms with Gasteiger partial charge in [-0.15, -0.1) is 0 Å². The van der Waals surface area contributed by atoms with Crippen LogP contribution in [0.5, 0.6) is 11.5 Å². The van der Waals surface area contributed by atoms with Gasteiger partial charge in [-0.2, -0.15) is 0 Å². The summed E-state index contributed by atoms with van der Waals surface area (Å²) in [6.45, 7) is 3.37. The predicted octanol–water partition coefficient (Wildman–Crippen LogP) is 3.57. The van der Waals surface area contributed by atoms with Crippen LogP contribution >= 0.6 is 0 Å². The maximum absolute atomic E-state index is 12.4. The number of carbonyl (C=O) groups excluding carboxylic acids is 2. The Morgan fingerprint density at radius 2 is 1.62 bits per heavy atom. The summed E-state index contributed by atoms with van der Waals surface area (Å²) in [7, 11) is 3.03. The third-order valence-corrected chi connectivity index (χ3v) is 3.62. The first-order valence-corrected chi connectivity index (χ1v) is 7.46. The SMILES string of the molecule is COc1ccc(C(C)=O)cc1COC(=O)c1cc(C)ccc1OC. The molecule has 2 aromatic rings. The van der Waals surface area contributed by atoms with Gasteiger partial charge in [0.05, 0.1) is 14.2 Å². The Bertz CT molecular complexity index is 764. The van der Waals surface area contributed by atoms with Gasteiger partial charge >= 0.3 is 5.97 Å². The quantitative estimate of drug-likeness (QED) is 0.599. The molecule has 0 N–H and O–H groups in total. The lowest BCUT2D eigenvalue weighted by atomic mass is 10.1. The standard InChI is InChI=1S/C19H20O5/c1-12-5-7-18(23-4)16(9-12)19(21)24-11-15-10-14(13(2)20)6-8-17(15)22-3/h5-10H,11H2,1-4H3. The molecule has 0 aliphatic heterocycles. The topological polar surface area (TPSA) is 61.8 Å². The molecule has 0 atom stereocenters. The Labute approximate surface area is 141 Å². The molecule has 0 unspecified atom stereocenters. The number of ether oxygens (including phenoxy) is 3. The van der Waals surface area contributed by atoms with Crippen molar-refractivity contribution in [2.45, 2.75) is 20.5 Å². The normalized spacial score (nSPS) is 10.2. The summed E-state index contributed by atoms with van der Waals surface area (Å²) in [4.78, 5) is 23.9. The fraction of sp³-hybridized carbons (Fsp3) is 0.263. The van der Waals surface area contributed by atoms with Gasteiger partial charge in [-0.3, -0.25) is 4.79 Å². The van der Waals surface area contributed by atoms with Gasteiger partial charge in [0.25, 0.3) is 0 Å². The summed E-state index contributed by atoms with van der Waals surface area (Å²) in [5.74, 6) is 0.454. The molecular formula is C19H20O5. The van der Waals surface area contributed by atoms with E-state index in [2.05, 4.69) is 0 Å². The van der Waals surface area contributed by atoms with E-state index >= 15 is 0 Å². The molecule has 126 valence electrons. The zero-order chi connectivity index (χ0) is 17.7. The highest BCUT2D eigenvalue weighted by atomic mass is 16.5. The van der Waals surface area contributed by atoms with Crippen LogP contribution in [-0.4, -0.2) is 26.0 Å². The van der Waals surface area contributed by atoms with Gasteiger partial charge in [-0.1, -0.05) is 11.6 Å². The zero-order valence-electron chi connectivity index (χ0n) is 14.2. The summed E-state index contributed by atoms with van der Waals surface area (Å²) in [5.41, 5.74) is 2.46. The van der Waals surface area contributed by atoms with Crippen LogP contribution in [0.3, 0.4) is 0 Å². The Kier molecular flexibility index (Phi) is 5.58. The van der Waals surface area contributed by atoms with Crippen LogP contribution in [0.15, 0.2) is 36.4 Å². The molecule has 0 bridgehead atoms. The van der Waals surface area contributed by atoms with Gasteiger partial charge in [0.2, 0.25) is 0 Å². The van der Waals surface area contributed by atoms with E-state index in [9.17, 15) is 9.59 Å². The molecule has 0 aliphatic rings. The van der Waals surface area contributed by atoms with Crippen LogP contribution < -0.4 is 9.47 Å². The third-order valence-electron chi connectivity index (χ3n) is 3.62. The average molecular weight is 328 g/mol. The highest BCUT2D eigenvalue weighted by molar-refractivity contribution is 5.94. The first kappa shape index (κ1) is 17.5. The second kappa shape index (κ2) is 7.64. The summed E-state index contributed by atoms with van der Waals surface area (Å²) < 4.78 is 15.8. The number of ketones is 1. The molecule has 0 aliphatic carbocycles. The Morgan fingerprint density at radius 1 is 0.958 bits per heavy atom. The van der Waals surface area contributed by atoms with Crippen molar-refractivity contribution in [3.8, 4) is 11.5 Å². The minimum atomic E-state index is -0.495. The van der Waals surface area contributed by atoms with Crippen LogP contribution in [-0.2, 0) is 11.3 Å². The number of esters is 1. The lowest BCUT2D eigenvalue weighted by Crippen LogP contribution is -2.08. The Balaban J connectivity index is 2.21. The molecule has 0 aromatic heterocycles. The van der Waals surface area contributed by atoms with Gasteiger partial charge in [0.15, 0.2) is 5.78 Å². The van der Waals surface area contributed by atoms with Crippen LogP contribution in [0.4, 0.5) is 0 Å². The molecule has 0 heterocycles. The Morgan fingerprint density at radius 3 is 2.25 bits per heavy atom. The number of rotatable bonds is 6. The summed E-state index contributed by atoms with van der Waals surface area (Å²) in [5, 5.41) is 0. The average Bonchev–Trinajstić information content (AvgIpc) is 2.59. The van der Waals surface area contributed by atoms with Crippen molar-refractivity contribution in [1.29, 1.82) is 0 Å². The van der Waals surface area contributed by atoms with Crippen molar-refractivity contribution in [3.63, 3.8) is 0 Å². The van der Waals surface area contributed by atoms with Crippen LogP contribution in [0.2, 0.25) is 0 Å². The molecule has 0 saturated heterocycles. The van der Waals surface area contributed by atoms with Crippen molar-refractivity contribution in [1.82, 2.24) is 0 Å². The minimum Gasteiger partial charge on any atom is -0.496 e. The van der Waals surface area contributed by atoms with Crippen LogP contribution in [0, 0.1) is 6.92 Å². The van der Waals surface area contributed by atoms with Crippen molar-refractivity contribution < 1.29 is 23.8 Å². The monoisotopic (exact) mass is 328 g/mol. The molecular weight excluding hydrogens is 308 g/mol. The second-order valence-electron chi connectivity index (χ2n) is 5.36. The van der Waals surface area contributed by atoms with Crippen molar-refractivity contribution in [2.24, 2.45) is 0 Å². The van der Waals surface area contributed by atoms with Gasteiger partial charge < -0.3 is 14.2 Å². The lowest BCUT2D eigenvalue weighted by molar-refractivity contribution is 0.0466. The molecule has 5 heteroatoms. The number of hydrogen-bond donors (Lipinski definition) is 0. The third kappa shape index (κ3) is 3.93. The number of hydrogen-bond acceptors (Lipinski definition) is 5. The van der Waals surface area contributed by atoms with E-state index in [4.69, 9.17) is 14.2 Å². The molecule has 0 radical (unpaired) electrons. The van der Waals surface area contributed by atoms with E-state index in [1.54, 1.807) is 30.3 Å². The van der Waals surface area contributed by atoms with Crippen molar-refractivity contribution in [2.75, 3.05) is 14.2 Å². The lowest BCUT2D eigenvalue weighted by Gasteiger charge is -2.12. The fourth-order valence-corrected chi connectivity index (χ4v) is 2.31. The number of methoxy groups -OCH3 is 2. The summed E-state index contributed by atoms with van der Waals surface area (Å²) >= 11 is 0. The molecule has 5 nitrogen and oxygen atoms in total. The number of benzene rings is 2.